The summed E-state index contributed by atoms with van der Waals surface area (Å²) in [5, 5.41) is 3.22. The second-order valence-corrected chi connectivity index (χ2v) is 8.51. The smallest absolute Gasteiger partial charge is 0.241 e. The predicted molar refractivity (Wildman–Crippen MR) is 88.8 cm³/mol. The van der Waals surface area contributed by atoms with Gasteiger partial charge < -0.3 is 5.32 Å². The number of sulfonamides is 1. The molecule has 0 aliphatic heterocycles. The summed E-state index contributed by atoms with van der Waals surface area (Å²) in [4.78, 5) is 0.373. The minimum atomic E-state index is -3.49. The number of benzene rings is 1. The Morgan fingerprint density at radius 3 is 2.52 bits per heavy atom. The van der Waals surface area contributed by atoms with Gasteiger partial charge in [-0.3, -0.25) is 0 Å². The maximum Gasteiger partial charge on any atom is 0.241 e. The molecule has 6 heteroatoms. The first-order chi connectivity index (χ1) is 9.77. The Labute approximate surface area is 135 Å². The van der Waals surface area contributed by atoms with E-state index in [9.17, 15) is 8.42 Å². The zero-order chi connectivity index (χ0) is 15.7. The van der Waals surface area contributed by atoms with Crippen molar-refractivity contribution in [2.75, 3.05) is 6.54 Å². The molecule has 0 heterocycles. The molecule has 0 bridgehead atoms. The van der Waals surface area contributed by atoms with Crippen LogP contribution in [0.4, 0.5) is 0 Å². The molecular weight excluding hydrogens is 352 g/mol. The highest BCUT2D eigenvalue weighted by molar-refractivity contribution is 9.10. The number of hydrogen-bond donors (Lipinski definition) is 2. The van der Waals surface area contributed by atoms with Gasteiger partial charge in [-0.05, 0) is 62.9 Å². The van der Waals surface area contributed by atoms with E-state index in [1.54, 1.807) is 6.07 Å². The molecule has 1 aromatic rings. The average Bonchev–Trinajstić information content (AvgIpc) is 2.37. The maximum absolute atomic E-state index is 12.7. The van der Waals surface area contributed by atoms with E-state index < -0.39 is 10.0 Å². The summed E-state index contributed by atoms with van der Waals surface area (Å²) in [6, 6.07) is 3.75. The zero-order valence-electron chi connectivity index (χ0n) is 12.8. The van der Waals surface area contributed by atoms with Gasteiger partial charge in [0.2, 0.25) is 10.0 Å². The fourth-order valence-electron chi connectivity index (χ4n) is 2.55. The largest absolute Gasteiger partial charge is 0.313 e. The molecule has 2 N–H and O–H groups in total. The Kier molecular flexibility index (Phi) is 5.13. The van der Waals surface area contributed by atoms with E-state index in [1.165, 1.54) is 0 Å². The molecule has 0 radical (unpaired) electrons. The molecule has 2 rings (SSSR count). The fraction of sp³-hybridized carbons (Fsp3) is 0.600. The lowest BCUT2D eigenvalue weighted by molar-refractivity contribution is 0.248. The van der Waals surface area contributed by atoms with E-state index >= 15 is 0 Å². The third-order valence-electron chi connectivity index (χ3n) is 4.06. The minimum absolute atomic E-state index is 0.282. The third-order valence-corrected chi connectivity index (χ3v) is 6.65. The average molecular weight is 375 g/mol. The first kappa shape index (κ1) is 16.9. The van der Waals surface area contributed by atoms with Crippen molar-refractivity contribution in [2.45, 2.75) is 57.0 Å². The minimum Gasteiger partial charge on any atom is -0.313 e. The van der Waals surface area contributed by atoms with Crippen molar-refractivity contribution < 1.29 is 8.42 Å². The van der Waals surface area contributed by atoms with Gasteiger partial charge >= 0.3 is 0 Å². The van der Waals surface area contributed by atoms with Gasteiger partial charge in [-0.1, -0.05) is 22.9 Å². The van der Waals surface area contributed by atoms with E-state index in [0.717, 1.165) is 41.4 Å². The van der Waals surface area contributed by atoms with Crippen LogP contribution in [0.3, 0.4) is 0 Å². The first-order valence-electron chi connectivity index (χ1n) is 7.31. The van der Waals surface area contributed by atoms with Crippen LogP contribution in [0.2, 0.25) is 0 Å². The molecule has 0 atom stereocenters. The van der Waals surface area contributed by atoms with Crippen molar-refractivity contribution in [1.82, 2.24) is 10.0 Å². The van der Waals surface area contributed by atoms with E-state index in [1.807, 2.05) is 26.8 Å². The lowest BCUT2D eigenvalue weighted by atomic mass is 9.80. The highest BCUT2D eigenvalue weighted by atomic mass is 79.9. The zero-order valence-corrected chi connectivity index (χ0v) is 15.2. The quantitative estimate of drug-likeness (QED) is 0.804. The van der Waals surface area contributed by atoms with Crippen LogP contribution < -0.4 is 10.0 Å². The lowest BCUT2D eigenvalue weighted by Gasteiger charge is -2.38. The molecule has 0 unspecified atom stereocenters. The molecule has 1 aromatic carbocycles. The molecule has 21 heavy (non-hydrogen) atoms. The standard InChI is InChI=1S/C15H23BrN2O2S/c1-4-17-10-12-8-13(16)11(2)14(9-12)21(19,20)18-15(3)6-5-7-15/h8-9,17-18H,4-7,10H2,1-3H3. The summed E-state index contributed by atoms with van der Waals surface area (Å²) >= 11 is 3.47. The summed E-state index contributed by atoms with van der Waals surface area (Å²) in [5.41, 5.74) is 1.44. The van der Waals surface area contributed by atoms with Crippen LogP contribution in [0.5, 0.6) is 0 Å². The van der Waals surface area contributed by atoms with Crippen LogP contribution >= 0.6 is 15.9 Å². The van der Waals surface area contributed by atoms with E-state index in [2.05, 4.69) is 26.0 Å². The maximum atomic E-state index is 12.7. The molecule has 0 amide bonds. The van der Waals surface area contributed by atoms with Gasteiger partial charge in [-0.2, -0.15) is 0 Å². The van der Waals surface area contributed by atoms with E-state index in [-0.39, 0.29) is 5.54 Å². The molecular formula is C15H23BrN2O2S. The Morgan fingerprint density at radius 2 is 2.00 bits per heavy atom. The Hall–Kier alpha value is -0.430. The Morgan fingerprint density at radius 1 is 1.33 bits per heavy atom. The Balaban J connectivity index is 2.34. The molecule has 118 valence electrons. The van der Waals surface area contributed by atoms with Crippen molar-refractivity contribution in [1.29, 1.82) is 0 Å². The highest BCUT2D eigenvalue weighted by Gasteiger charge is 2.36. The number of rotatable bonds is 6. The van der Waals surface area contributed by atoms with Gasteiger partial charge in [0.15, 0.2) is 0 Å². The highest BCUT2D eigenvalue weighted by Crippen LogP contribution is 2.34. The van der Waals surface area contributed by atoms with Crippen LogP contribution in [0, 0.1) is 6.92 Å². The lowest BCUT2D eigenvalue weighted by Crippen LogP contribution is -2.50. The van der Waals surface area contributed by atoms with Crippen molar-refractivity contribution in [3.05, 3.63) is 27.7 Å². The van der Waals surface area contributed by atoms with Gasteiger partial charge in [-0.15, -0.1) is 0 Å². The molecule has 1 saturated carbocycles. The third kappa shape index (κ3) is 3.86. The molecule has 4 nitrogen and oxygen atoms in total. The molecule has 0 saturated heterocycles. The molecule has 1 fully saturated rings. The molecule has 0 spiro atoms. The van der Waals surface area contributed by atoms with Gasteiger partial charge in [-0.25, -0.2) is 13.1 Å². The summed E-state index contributed by atoms with van der Waals surface area (Å²) in [7, 11) is -3.49. The molecule has 1 aliphatic carbocycles. The summed E-state index contributed by atoms with van der Waals surface area (Å²) in [6.45, 7) is 7.35. The second kappa shape index (κ2) is 6.36. The molecule has 0 aromatic heterocycles. The van der Waals surface area contributed by atoms with Crippen molar-refractivity contribution in [3.63, 3.8) is 0 Å². The predicted octanol–water partition coefficient (Wildman–Crippen LogP) is 3.09. The van der Waals surface area contributed by atoms with Crippen molar-refractivity contribution in [3.8, 4) is 0 Å². The number of halogens is 1. The molecule has 1 aliphatic rings. The van der Waals surface area contributed by atoms with Crippen LogP contribution in [0.1, 0.15) is 44.2 Å². The van der Waals surface area contributed by atoms with E-state index in [4.69, 9.17) is 0 Å². The second-order valence-electron chi connectivity index (χ2n) is 6.00. The first-order valence-corrected chi connectivity index (χ1v) is 9.59. The number of nitrogens with one attached hydrogen (secondary N) is 2. The van der Waals surface area contributed by atoms with Gasteiger partial charge in [0.05, 0.1) is 4.90 Å². The van der Waals surface area contributed by atoms with Gasteiger partial charge in [0.25, 0.3) is 0 Å². The van der Waals surface area contributed by atoms with Crippen LogP contribution in [0.15, 0.2) is 21.5 Å². The van der Waals surface area contributed by atoms with Crippen LogP contribution in [-0.4, -0.2) is 20.5 Å². The van der Waals surface area contributed by atoms with Gasteiger partial charge in [0, 0.05) is 16.6 Å². The Bertz CT molecular complexity index is 625. The summed E-state index contributed by atoms with van der Waals surface area (Å²) in [6.07, 6.45) is 2.90. The summed E-state index contributed by atoms with van der Waals surface area (Å²) < 4.78 is 29.1. The normalized spacial score (nSPS) is 17.5. The van der Waals surface area contributed by atoms with Crippen LogP contribution in [-0.2, 0) is 16.6 Å². The van der Waals surface area contributed by atoms with E-state index in [0.29, 0.717) is 11.4 Å². The summed E-state index contributed by atoms with van der Waals surface area (Å²) in [5.74, 6) is 0. The van der Waals surface area contributed by atoms with Gasteiger partial charge in [0.1, 0.15) is 0 Å². The van der Waals surface area contributed by atoms with Crippen molar-refractivity contribution >= 4 is 26.0 Å². The fourth-order valence-corrected chi connectivity index (χ4v) is 4.97. The van der Waals surface area contributed by atoms with Crippen molar-refractivity contribution in [2.24, 2.45) is 0 Å². The monoisotopic (exact) mass is 374 g/mol. The van der Waals surface area contributed by atoms with Crippen LogP contribution in [0.25, 0.3) is 0 Å². The SMILES string of the molecule is CCNCc1cc(Br)c(C)c(S(=O)(=O)NC2(C)CCC2)c1. The topological polar surface area (TPSA) is 58.2 Å². The number of hydrogen-bond acceptors (Lipinski definition) is 3.